The molecule has 1 rings (SSSR count). The molecule has 0 aliphatic carbocycles. The molecule has 0 aromatic carbocycles. The summed E-state index contributed by atoms with van der Waals surface area (Å²) >= 11 is 0. The van der Waals surface area contributed by atoms with E-state index in [1.54, 1.807) is 19.0 Å². The molecule has 78 valence electrons. The second-order valence-corrected chi connectivity index (χ2v) is 3.36. The molecule has 1 fully saturated rings. The van der Waals surface area contributed by atoms with Gasteiger partial charge in [0.2, 0.25) is 0 Å². The van der Waals surface area contributed by atoms with E-state index in [0.717, 1.165) is 19.4 Å². The van der Waals surface area contributed by atoms with Crippen LogP contribution in [0.3, 0.4) is 0 Å². The van der Waals surface area contributed by atoms with E-state index in [4.69, 9.17) is 0 Å². The molecular weight excluding hydrogens is 164 g/mol. The van der Waals surface area contributed by atoms with Crippen LogP contribution in [0, 0.1) is 0 Å². The lowest BCUT2D eigenvalue weighted by Crippen LogP contribution is -2.40. The molecule has 1 aliphatic heterocycles. The number of carbonyl (C=O) groups is 1. The Morgan fingerprint density at radius 1 is 1.38 bits per heavy atom. The summed E-state index contributed by atoms with van der Waals surface area (Å²) < 4.78 is 0. The number of amides is 2. The van der Waals surface area contributed by atoms with Gasteiger partial charge in [0.1, 0.15) is 0 Å². The third-order valence-corrected chi connectivity index (χ3v) is 2.18. The molecule has 3 heteroatoms. The first kappa shape index (κ1) is 12.3. The summed E-state index contributed by atoms with van der Waals surface area (Å²) in [5, 5.41) is 0. The molecule has 0 aromatic rings. The summed E-state index contributed by atoms with van der Waals surface area (Å²) in [5.74, 6) is 0. The molecule has 1 aliphatic rings. The van der Waals surface area contributed by atoms with Crippen molar-refractivity contribution in [2.45, 2.75) is 39.7 Å². The van der Waals surface area contributed by atoms with Crippen molar-refractivity contribution < 1.29 is 4.79 Å². The predicted octanol–water partition coefficient (Wildman–Crippen LogP) is 2.18. The van der Waals surface area contributed by atoms with E-state index in [0.29, 0.717) is 6.04 Å². The molecule has 13 heavy (non-hydrogen) atoms. The van der Waals surface area contributed by atoms with Gasteiger partial charge in [-0.05, 0) is 19.8 Å². The normalized spacial score (nSPS) is 20.7. The Morgan fingerprint density at radius 3 is 2.23 bits per heavy atom. The van der Waals surface area contributed by atoms with Crippen LogP contribution in [-0.4, -0.2) is 42.5 Å². The van der Waals surface area contributed by atoms with Gasteiger partial charge in [-0.15, -0.1) is 0 Å². The molecule has 0 spiro atoms. The van der Waals surface area contributed by atoms with Gasteiger partial charge in [-0.25, -0.2) is 4.79 Å². The van der Waals surface area contributed by atoms with E-state index in [-0.39, 0.29) is 6.03 Å². The summed E-state index contributed by atoms with van der Waals surface area (Å²) in [7, 11) is 3.60. The fourth-order valence-corrected chi connectivity index (χ4v) is 1.47. The smallest absolute Gasteiger partial charge is 0.319 e. The molecule has 0 saturated carbocycles. The van der Waals surface area contributed by atoms with Crippen molar-refractivity contribution in [3.05, 3.63) is 0 Å². The van der Waals surface area contributed by atoms with Gasteiger partial charge in [-0.2, -0.15) is 0 Å². The third kappa shape index (κ3) is 3.25. The molecule has 1 saturated heterocycles. The first-order valence-electron chi connectivity index (χ1n) is 5.11. The van der Waals surface area contributed by atoms with Crippen LogP contribution in [0.1, 0.15) is 33.6 Å². The Kier molecular flexibility index (Phi) is 5.51. The summed E-state index contributed by atoms with van der Waals surface area (Å²) in [5.41, 5.74) is 0. The third-order valence-electron chi connectivity index (χ3n) is 2.18. The van der Waals surface area contributed by atoms with Crippen LogP contribution in [0.4, 0.5) is 4.79 Å². The van der Waals surface area contributed by atoms with Crippen molar-refractivity contribution in [1.82, 2.24) is 9.80 Å². The number of nitrogens with zero attached hydrogens (tertiary/aromatic N) is 2. The van der Waals surface area contributed by atoms with Gasteiger partial charge in [-0.1, -0.05) is 13.8 Å². The number of urea groups is 1. The molecule has 0 bridgehead atoms. The van der Waals surface area contributed by atoms with Crippen molar-refractivity contribution in [3.63, 3.8) is 0 Å². The van der Waals surface area contributed by atoms with Crippen LogP contribution in [0.15, 0.2) is 0 Å². The predicted molar refractivity (Wildman–Crippen MR) is 55.8 cm³/mol. The number of rotatable bonds is 0. The van der Waals surface area contributed by atoms with Crippen molar-refractivity contribution in [1.29, 1.82) is 0 Å². The minimum atomic E-state index is 0.148. The van der Waals surface area contributed by atoms with Gasteiger partial charge in [0.25, 0.3) is 0 Å². The topological polar surface area (TPSA) is 23.6 Å². The van der Waals surface area contributed by atoms with Crippen molar-refractivity contribution in [2.75, 3.05) is 20.6 Å². The number of carbonyl (C=O) groups excluding carboxylic acids is 1. The van der Waals surface area contributed by atoms with Crippen LogP contribution < -0.4 is 0 Å². The lowest BCUT2D eigenvalue weighted by atomic mass is 10.2. The van der Waals surface area contributed by atoms with E-state index >= 15 is 0 Å². The average Bonchev–Trinajstić information content (AvgIpc) is 2.53. The van der Waals surface area contributed by atoms with Gasteiger partial charge in [0.15, 0.2) is 0 Å². The zero-order chi connectivity index (χ0) is 10.4. The zero-order valence-electron chi connectivity index (χ0n) is 9.50. The van der Waals surface area contributed by atoms with Gasteiger partial charge < -0.3 is 9.80 Å². The highest BCUT2D eigenvalue weighted by Crippen LogP contribution is 2.17. The molecule has 1 unspecified atom stereocenters. The molecule has 2 amide bonds. The molecular formula is C10H22N2O. The standard InChI is InChI=1S/C8H16N2O.C2H6/c1-7-5-4-6-10(7)8(11)9(2)3;1-2/h7H,4-6H2,1-3H3;1-2H3. The Bertz CT molecular complexity index is 157. The van der Waals surface area contributed by atoms with Crippen LogP contribution in [0.25, 0.3) is 0 Å². The van der Waals surface area contributed by atoms with Crippen molar-refractivity contribution >= 4 is 6.03 Å². The lowest BCUT2D eigenvalue weighted by Gasteiger charge is -2.25. The van der Waals surface area contributed by atoms with Crippen molar-refractivity contribution in [3.8, 4) is 0 Å². The maximum absolute atomic E-state index is 11.4. The Balaban J connectivity index is 0.000000671. The monoisotopic (exact) mass is 186 g/mol. The van der Waals surface area contributed by atoms with Gasteiger partial charge in [0.05, 0.1) is 0 Å². The molecule has 1 atom stereocenters. The van der Waals surface area contributed by atoms with Gasteiger partial charge >= 0.3 is 6.03 Å². The first-order chi connectivity index (χ1) is 6.13. The quantitative estimate of drug-likeness (QED) is 0.569. The first-order valence-corrected chi connectivity index (χ1v) is 5.11. The Labute approximate surface area is 81.7 Å². The molecule has 0 radical (unpaired) electrons. The summed E-state index contributed by atoms with van der Waals surface area (Å²) in [6.07, 6.45) is 2.31. The minimum absolute atomic E-state index is 0.148. The van der Waals surface area contributed by atoms with Crippen molar-refractivity contribution in [2.24, 2.45) is 0 Å². The maximum Gasteiger partial charge on any atom is 0.319 e. The number of likely N-dealkylation sites (tertiary alicyclic amines) is 1. The number of hydrogen-bond donors (Lipinski definition) is 0. The second kappa shape index (κ2) is 5.84. The highest BCUT2D eigenvalue weighted by atomic mass is 16.2. The number of hydrogen-bond acceptors (Lipinski definition) is 1. The second-order valence-electron chi connectivity index (χ2n) is 3.36. The highest BCUT2D eigenvalue weighted by Gasteiger charge is 2.25. The van der Waals surface area contributed by atoms with Crippen LogP contribution in [0.2, 0.25) is 0 Å². The lowest BCUT2D eigenvalue weighted by molar-refractivity contribution is 0.169. The van der Waals surface area contributed by atoms with Gasteiger partial charge in [-0.3, -0.25) is 0 Å². The molecule has 1 heterocycles. The minimum Gasteiger partial charge on any atom is -0.331 e. The van der Waals surface area contributed by atoms with E-state index in [1.165, 1.54) is 0 Å². The molecule has 3 nitrogen and oxygen atoms in total. The van der Waals surface area contributed by atoms with Crippen LogP contribution in [0.5, 0.6) is 0 Å². The largest absolute Gasteiger partial charge is 0.331 e. The van der Waals surface area contributed by atoms with E-state index in [1.807, 2.05) is 18.7 Å². The van der Waals surface area contributed by atoms with Crippen LogP contribution in [-0.2, 0) is 0 Å². The summed E-state index contributed by atoms with van der Waals surface area (Å²) in [6.45, 7) is 7.03. The fraction of sp³-hybridized carbons (Fsp3) is 0.900. The van der Waals surface area contributed by atoms with E-state index in [9.17, 15) is 4.79 Å². The maximum atomic E-state index is 11.4. The molecule has 0 N–H and O–H groups in total. The fourth-order valence-electron chi connectivity index (χ4n) is 1.47. The Morgan fingerprint density at radius 2 is 1.92 bits per heavy atom. The summed E-state index contributed by atoms with van der Waals surface area (Å²) in [4.78, 5) is 15.0. The zero-order valence-corrected chi connectivity index (χ0v) is 9.50. The van der Waals surface area contributed by atoms with E-state index < -0.39 is 0 Å². The summed E-state index contributed by atoms with van der Waals surface area (Å²) in [6, 6.07) is 0.583. The average molecular weight is 186 g/mol. The van der Waals surface area contributed by atoms with Crippen LogP contribution >= 0.6 is 0 Å². The van der Waals surface area contributed by atoms with Gasteiger partial charge in [0, 0.05) is 26.7 Å². The Hall–Kier alpha value is -0.730. The SMILES string of the molecule is CC.CC1CCCN1C(=O)N(C)C. The highest BCUT2D eigenvalue weighted by molar-refractivity contribution is 5.74. The molecule has 0 aromatic heterocycles. The van der Waals surface area contributed by atoms with E-state index in [2.05, 4.69) is 6.92 Å².